The van der Waals surface area contributed by atoms with Crippen LogP contribution in [0.3, 0.4) is 0 Å². The number of nitrogens with zero attached hydrogens (tertiary/aromatic N) is 2. The van der Waals surface area contributed by atoms with Crippen molar-refractivity contribution >= 4 is 11.8 Å². The summed E-state index contributed by atoms with van der Waals surface area (Å²) in [5.74, 6) is 0.529. The van der Waals surface area contributed by atoms with Crippen LogP contribution in [0.2, 0.25) is 0 Å². The van der Waals surface area contributed by atoms with E-state index in [-0.39, 0.29) is 12.2 Å². The van der Waals surface area contributed by atoms with Crippen molar-refractivity contribution in [1.82, 2.24) is 0 Å². The van der Waals surface area contributed by atoms with Crippen LogP contribution in [-0.4, -0.2) is 32.5 Å². The van der Waals surface area contributed by atoms with Crippen LogP contribution in [0.1, 0.15) is 37.2 Å². The Morgan fingerprint density at radius 1 is 1.33 bits per heavy atom. The van der Waals surface area contributed by atoms with E-state index in [0.717, 1.165) is 31.4 Å². The lowest BCUT2D eigenvalue weighted by atomic mass is 9.81. The molecule has 0 aromatic heterocycles. The number of anilines is 1. The van der Waals surface area contributed by atoms with E-state index in [2.05, 4.69) is 18.2 Å². The second kappa shape index (κ2) is 7.50. The summed E-state index contributed by atoms with van der Waals surface area (Å²) in [6.07, 6.45) is 5.33. The second-order valence-corrected chi connectivity index (χ2v) is 6.37. The molecule has 5 nitrogen and oxygen atoms in total. The summed E-state index contributed by atoms with van der Waals surface area (Å²) in [4.78, 5) is 13.6. The van der Waals surface area contributed by atoms with Gasteiger partial charge in [-0.3, -0.25) is 4.90 Å². The highest BCUT2D eigenvalue weighted by Gasteiger charge is 2.32. The third kappa shape index (κ3) is 3.60. The Labute approximate surface area is 142 Å². The molecule has 1 atom stereocenters. The van der Waals surface area contributed by atoms with Crippen molar-refractivity contribution in [3.63, 3.8) is 0 Å². The molecular formula is C19H22N2O3. The van der Waals surface area contributed by atoms with E-state index in [9.17, 15) is 4.79 Å². The highest BCUT2D eigenvalue weighted by atomic mass is 16.6. The predicted octanol–water partition coefficient (Wildman–Crippen LogP) is 3.77. The van der Waals surface area contributed by atoms with Gasteiger partial charge in [-0.05, 0) is 49.3 Å². The van der Waals surface area contributed by atoms with Gasteiger partial charge in [0.25, 0.3) is 0 Å². The zero-order valence-electron chi connectivity index (χ0n) is 13.9. The summed E-state index contributed by atoms with van der Waals surface area (Å²) in [5, 5.41) is 8.73. The first kappa shape index (κ1) is 16.5. The van der Waals surface area contributed by atoms with Gasteiger partial charge < -0.3 is 9.47 Å². The summed E-state index contributed by atoms with van der Waals surface area (Å²) in [7, 11) is 1.60. The van der Waals surface area contributed by atoms with Gasteiger partial charge >= 0.3 is 6.09 Å². The lowest BCUT2D eigenvalue weighted by Gasteiger charge is -2.24. The number of ether oxygens (including phenoxy) is 2. The molecule has 0 spiro atoms. The molecule has 0 radical (unpaired) electrons. The molecule has 1 aliphatic carbocycles. The lowest BCUT2D eigenvalue weighted by molar-refractivity contribution is 0.0718. The molecule has 2 fully saturated rings. The number of rotatable bonds is 4. The molecule has 1 heterocycles. The first-order valence-corrected chi connectivity index (χ1v) is 8.36. The number of hydrogen-bond acceptors (Lipinski definition) is 4. The summed E-state index contributed by atoms with van der Waals surface area (Å²) < 4.78 is 10.3. The SMILES string of the molecule is COCC1CN(c2ccc(C3CCC(=CC#N)CC3)cc2)C(=O)O1. The number of allylic oxidation sites excluding steroid dienone is 2. The van der Waals surface area contributed by atoms with Gasteiger partial charge in [-0.1, -0.05) is 17.7 Å². The molecule has 0 bridgehead atoms. The number of carbonyl (C=O) groups is 1. The van der Waals surface area contributed by atoms with E-state index in [4.69, 9.17) is 14.7 Å². The molecular weight excluding hydrogens is 304 g/mol. The number of nitriles is 1. The molecule has 3 rings (SSSR count). The normalized spacial score (nSPS) is 23.8. The summed E-state index contributed by atoms with van der Waals surface area (Å²) in [6, 6.07) is 10.3. The zero-order valence-corrected chi connectivity index (χ0v) is 13.9. The van der Waals surface area contributed by atoms with Crippen molar-refractivity contribution in [3.8, 4) is 6.07 Å². The van der Waals surface area contributed by atoms with Gasteiger partial charge in [-0.25, -0.2) is 4.79 Å². The maximum absolute atomic E-state index is 12.0. The van der Waals surface area contributed by atoms with Gasteiger partial charge in [0.15, 0.2) is 0 Å². The Bertz CT molecular complexity index is 650. The third-order valence-corrected chi connectivity index (χ3v) is 4.80. The van der Waals surface area contributed by atoms with Gasteiger partial charge in [-0.15, -0.1) is 0 Å². The fourth-order valence-corrected chi connectivity index (χ4v) is 3.49. The number of methoxy groups -OCH3 is 1. The Morgan fingerprint density at radius 3 is 2.67 bits per heavy atom. The molecule has 5 heteroatoms. The average Bonchev–Trinajstić information content (AvgIpc) is 2.97. The minimum absolute atomic E-state index is 0.203. The smallest absolute Gasteiger partial charge is 0.414 e. The largest absolute Gasteiger partial charge is 0.441 e. The van der Waals surface area contributed by atoms with Gasteiger partial charge in [0.05, 0.1) is 19.2 Å². The standard InChI is InChI=1S/C19H22N2O3/c1-23-13-18-12-21(19(22)24-18)17-8-6-16(7-9-17)15-4-2-14(3-5-15)10-11-20/h6-10,15,18H,2-5,12-13H2,1H3. The quantitative estimate of drug-likeness (QED) is 0.790. The Morgan fingerprint density at radius 2 is 2.04 bits per heavy atom. The molecule has 2 aliphatic rings. The molecule has 1 aromatic carbocycles. The predicted molar refractivity (Wildman–Crippen MR) is 90.8 cm³/mol. The van der Waals surface area contributed by atoms with E-state index in [0.29, 0.717) is 19.1 Å². The molecule has 1 amide bonds. The molecule has 1 aliphatic heterocycles. The second-order valence-electron chi connectivity index (χ2n) is 6.37. The van der Waals surface area contributed by atoms with E-state index in [1.54, 1.807) is 18.1 Å². The molecule has 0 N–H and O–H groups in total. The number of carbonyl (C=O) groups excluding carboxylic acids is 1. The van der Waals surface area contributed by atoms with Crippen molar-refractivity contribution in [3.05, 3.63) is 41.5 Å². The van der Waals surface area contributed by atoms with Crippen molar-refractivity contribution in [2.24, 2.45) is 0 Å². The van der Waals surface area contributed by atoms with E-state index >= 15 is 0 Å². The Kier molecular flexibility index (Phi) is 5.17. The van der Waals surface area contributed by atoms with Crippen molar-refractivity contribution < 1.29 is 14.3 Å². The monoisotopic (exact) mass is 326 g/mol. The number of hydrogen-bond donors (Lipinski definition) is 0. The van der Waals surface area contributed by atoms with Gasteiger partial charge in [0.2, 0.25) is 0 Å². The van der Waals surface area contributed by atoms with Crippen LogP contribution < -0.4 is 4.90 Å². The molecule has 126 valence electrons. The summed E-state index contributed by atoms with van der Waals surface area (Å²) in [5.41, 5.74) is 3.42. The van der Waals surface area contributed by atoms with Gasteiger partial charge in [-0.2, -0.15) is 5.26 Å². The van der Waals surface area contributed by atoms with Gasteiger partial charge in [0, 0.05) is 18.9 Å². The molecule has 1 unspecified atom stereocenters. The van der Waals surface area contributed by atoms with Crippen molar-refractivity contribution in [2.45, 2.75) is 37.7 Å². The van der Waals surface area contributed by atoms with E-state index < -0.39 is 0 Å². The third-order valence-electron chi connectivity index (χ3n) is 4.80. The fourth-order valence-electron chi connectivity index (χ4n) is 3.49. The minimum atomic E-state index is -0.311. The highest BCUT2D eigenvalue weighted by Crippen LogP contribution is 2.36. The minimum Gasteiger partial charge on any atom is -0.441 e. The van der Waals surface area contributed by atoms with Gasteiger partial charge in [0.1, 0.15) is 6.10 Å². The van der Waals surface area contributed by atoms with Crippen LogP contribution >= 0.6 is 0 Å². The lowest BCUT2D eigenvalue weighted by Crippen LogP contribution is -2.25. The van der Waals surface area contributed by atoms with Crippen LogP contribution in [0.15, 0.2) is 35.9 Å². The molecule has 1 saturated heterocycles. The molecule has 24 heavy (non-hydrogen) atoms. The molecule has 1 aromatic rings. The number of amides is 1. The Balaban J connectivity index is 1.63. The van der Waals surface area contributed by atoms with Crippen LogP contribution in [0.4, 0.5) is 10.5 Å². The number of cyclic esters (lactones) is 1. The fraction of sp³-hybridized carbons (Fsp3) is 0.474. The summed E-state index contributed by atoms with van der Waals surface area (Å²) >= 11 is 0. The number of benzene rings is 1. The van der Waals surface area contributed by atoms with Crippen LogP contribution in [0.25, 0.3) is 0 Å². The maximum atomic E-state index is 12.0. The Hall–Kier alpha value is -2.32. The van der Waals surface area contributed by atoms with Crippen molar-refractivity contribution in [2.75, 3.05) is 25.2 Å². The van der Waals surface area contributed by atoms with E-state index in [1.165, 1.54) is 11.1 Å². The summed E-state index contributed by atoms with van der Waals surface area (Å²) in [6.45, 7) is 0.943. The maximum Gasteiger partial charge on any atom is 0.414 e. The first-order valence-electron chi connectivity index (χ1n) is 8.36. The van der Waals surface area contributed by atoms with E-state index in [1.807, 2.05) is 12.1 Å². The topological polar surface area (TPSA) is 62.6 Å². The zero-order chi connectivity index (χ0) is 16.9. The highest BCUT2D eigenvalue weighted by molar-refractivity contribution is 5.89. The molecule has 1 saturated carbocycles. The van der Waals surface area contributed by atoms with Crippen LogP contribution in [0.5, 0.6) is 0 Å². The van der Waals surface area contributed by atoms with Crippen LogP contribution in [0, 0.1) is 11.3 Å². The average molecular weight is 326 g/mol. The van der Waals surface area contributed by atoms with Crippen molar-refractivity contribution in [1.29, 1.82) is 5.26 Å². The van der Waals surface area contributed by atoms with Crippen LogP contribution in [-0.2, 0) is 9.47 Å². The first-order chi connectivity index (χ1) is 11.7.